The second-order valence-electron chi connectivity index (χ2n) is 6.96. The fourth-order valence-electron chi connectivity index (χ4n) is 3.49. The van der Waals surface area contributed by atoms with Crippen molar-refractivity contribution in [1.29, 1.82) is 0 Å². The van der Waals surface area contributed by atoms with Crippen LogP contribution in [0.25, 0.3) is 0 Å². The summed E-state index contributed by atoms with van der Waals surface area (Å²) in [5, 5.41) is 2.88. The largest absolute Gasteiger partial charge is 0.377 e. The topological polar surface area (TPSA) is 75.7 Å². The van der Waals surface area contributed by atoms with Crippen LogP contribution in [0, 0.1) is 0 Å². The summed E-state index contributed by atoms with van der Waals surface area (Å²) in [5.41, 5.74) is 1.15. The molecule has 2 fully saturated rings. The number of carbonyl (C=O) groups excluding carboxylic acids is 1. The average Bonchev–Trinajstić information content (AvgIpc) is 3.17. The van der Waals surface area contributed by atoms with Crippen molar-refractivity contribution in [2.24, 2.45) is 0 Å². The van der Waals surface area contributed by atoms with Crippen LogP contribution in [0.2, 0.25) is 0 Å². The maximum Gasteiger partial charge on any atom is 0.234 e. The van der Waals surface area contributed by atoms with Crippen molar-refractivity contribution in [3.8, 4) is 0 Å². The lowest BCUT2D eigenvalue weighted by atomic mass is 10.2. The maximum absolute atomic E-state index is 12.4. The Morgan fingerprint density at radius 3 is 2.68 bits per heavy atom. The highest BCUT2D eigenvalue weighted by atomic mass is 32.2. The molecule has 1 aromatic carbocycles. The first-order valence-electron chi connectivity index (χ1n) is 8.88. The summed E-state index contributed by atoms with van der Waals surface area (Å²) >= 11 is 0. The Bertz CT molecular complexity index is 672. The van der Waals surface area contributed by atoms with Crippen molar-refractivity contribution < 1.29 is 17.9 Å². The molecule has 0 saturated carbocycles. The second kappa shape index (κ2) is 8.29. The molecular formula is C18H26N2O4S. The van der Waals surface area contributed by atoms with Gasteiger partial charge >= 0.3 is 0 Å². The number of hydrogen-bond donors (Lipinski definition) is 1. The van der Waals surface area contributed by atoms with E-state index in [9.17, 15) is 13.2 Å². The van der Waals surface area contributed by atoms with Gasteiger partial charge in [-0.05, 0) is 24.8 Å². The van der Waals surface area contributed by atoms with Gasteiger partial charge in [-0.15, -0.1) is 0 Å². The molecule has 6 nitrogen and oxygen atoms in total. The fraction of sp³-hybridized carbons (Fsp3) is 0.611. The molecule has 2 unspecified atom stereocenters. The molecule has 1 aromatic rings. The van der Waals surface area contributed by atoms with Crippen molar-refractivity contribution in [2.45, 2.75) is 38.0 Å². The van der Waals surface area contributed by atoms with E-state index in [0.29, 0.717) is 19.5 Å². The Morgan fingerprint density at radius 1 is 1.24 bits per heavy atom. The van der Waals surface area contributed by atoms with Crippen LogP contribution in [0.15, 0.2) is 30.3 Å². The van der Waals surface area contributed by atoms with Crippen LogP contribution in [0.3, 0.4) is 0 Å². The monoisotopic (exact) mass is 366 g/mol. The molecule has 7 heteroatoms. The molecule has 2 aliphatic rings. The Labute approximate surface area is 149 Å². The zero-order valence-electron chi connectivity index (χ0n) is 14.4. The summed E-state index contributed by atoms with van der Waals surface area (Å²) in [6.45, 7) is 2.43. The van der Waals surface area contributed by atoms with Crippen LogP contribution >= 0.6 is 0 Å². The van der Waals surface area contributed by atoms with Gasteiger partial charge in [0.15, 0.2) is 9.84 Å². The van der Waals surface area contributed by atoms with Gasteiger partial charge in [-0.3, -0.25) is 9.69 Å². The van der Waals surface area contributed by atoms with Gasteiger partial charge in [0.1, 0.15) is 0 Å². The number of benzene rings is 1. The van der Waals surface area contributed by atoms with E-state index in [4.69, 9.17) is 4.74 Å². The lowest BCUT2D eigenvalue weighted by Crippen LogP contribution is -2.44. The van der Waals surface area contributed by atoms with Gasteiger partial charge < -0.3 is 10.1 Å². The normalized spacial score (nSPS) is 25.3. The van der Waals surface area contributed by atoms with E-state index < -0.39 is 9.84 Å². The third-order valence-corrected chi connectivity index (χ3v) is 6.47. The molecule has 138 valence electrons. The number of carbonyl (C=O) groups is 1. The van der Waals surface area contributed by atoms with E-state index in [1.54, 1.807) is 0 Å². The molecule has 0 aliphatic carbocycles. The highest BCUT2D eigenvalue weighted by Crippen LogP contribution is 2.15. The molecule has 25 heavy (non-hydrogen) atoms. The van der Waals surface area contributed by atoms with Crippen molar-refractivity contribution in [2.75, 3.05) is 31.2 Å². The number of rotatable bonds is 7. The van der Waals surface area contributed by atoms with Gasteiger partial charge in [0.05, 0.1) is 24.2 Å². The van der Waals surface area contributed by atoms with E-state index in [1.165, 1.54) is 0 Å². The Hall–Kier alpha value is -1.44. The van der Waals surface area contributed by atoms with Crippen LogP contribution in [0.4, 0.5) is 0 Å². The van der Waals surface area contributed by atoms with E-state index in [-0.39, 0.29) is 36.1 Å². The van der Waals surface area contributed by atoms with Gasteiger partial charge in [-0.25, -0.2) is 8.42 Å². The zero-order chi connectivity index (χ0) is 17.7. The summed E-state index contributed by atoms with van der Waals surface area (Å²) in [4.78, 5) is 14.5. The molecule has 2 atom stereocenters. The standard InChI is InChI=1S/C18H26N2O4S/c21-18(19-16-8-10-25(22,23)14-16)13-20(12-17-7-4-9-24-17)11-15-5-2-1-3-6-15/h1-3,5-6,16-17H,4,7-14H2,(H,19,21). The quantitative estimate of drug-likeness (QED) is 0.778. The smallest absolute Gasteiger partial charge is 0.234 e. The minimum atomic E-state index is -2.99. The number of nitrogens with zero attached hydrogens (tertiary/aromatic N) is 1. The van der Waals surface area contributed by atoms with Crippen molar-refractivity contribution >= 4 is 15.7 Å². The summed E-state index contributed by atoms with van der Waals surface area (Å²) in [7, 11) is -2.99. The minimum absolute atomic E-state index is 0.0587. The van der Waals surface area contributed by atoms with Gasteiger partial charge in [0.2, 0.25) is 5.91 Å². The second-order valence-corrected chi connectivity index (χ2v) is 9.19. The van der Waals surface area contributed by atoms with E-state index >= 15 is 0 Å². The molecule has 1 N–H and O–H groups in total. The van der Waals surface area contributed by atoms with Crippen LogP contribution in [0.1, 0.15) is 24.8 Å². The molecule has 2 heterocycles. The minimum Gasteiger partial charge on any atom is -0.377 e. The summed E-state index contributed by atoms with van der Waals surface area (Å²) in [6.07, 6.45) is 2.77. The van der Waals surface area contributed by atoms with Gasteiger partial charge in [0, 0.05) is 25.7 Å². The molecule has 0 aromatic heterocycles. The molecule has 0 bridgehead atoms. The van der Waals surface area contributed by atoms with Gasteiger partial charge in [-0.2, -0.15) is 0 Å². The number of ether oxygens (including phenoxy) is 1. The fourth-order valence-corrected chi connectivity index (χ4v) is 5.16. The Kier molecular flexibility index (Phi) is 6.09. The summed E-state index contributed by atoms with van der Waals surface area (Å²) in [6, 6.07) is 9.79. The number of sulfone groups is 1. The van der Waals surface area contributed by atoms with E-state index in [1.807, 2.05) is 30.3 Å². The first kappa shape index (κ1) is 18.4. The predicted octanol–water partition coefficient (Wildman–Crippen LogP) is 0.971. The van der Waals surface area contributed by atoms with Crippen LogP contribution < -0.4 is 5.32 Å². The van der Waals surface area contributed by atoms with E-state index in [0.717, 1.165) is 25.0 Å². The number of amides is 1. The third-order valence-electron chi connectivity index (χ3n) is 4.70. The van der Waals surface area contributed by atoms with Crippen LogP contribution in [-0.2, 0) is 25.9 Å². The van der Waals surface area contributed by atoms with Crippen molar-refractivity contribution in [1.82, 2.24) is 10.2 Å². The van der Waals surface area contributed by atoms with Crippen molar-refractivity contribution in [3.63, 3.8) is 0 Å². The number of hydrogen-bond acceptors (Lipinski definition) is 5. The van der Waals surface area contributed by atoms with Crippen LogP contribution in [-0.4, -0.2) is 62.6 Å². The first-order valence-corrected chi connectivity index (χ1v) is 10.7. The first-order chi connectivity index (χ1) is 12.0. The molecule has 2 aliphatic heterocycles. The Morgan fingerprint density at radius 2 is 2.04 bits per heavy atom. The Balaban J connectivity index is 1.57. The SMILES string of the molecule is O=C(CN(Cc1ccccc1)CC1CCCO1)NC1CCS(=O)(=O)C1. The molecule has 0 radical (unpaired) electrons. The molecule has 2 saturated heterocycles. The predicted molar refractivity (Wildman–Crippen MR) is 95.9 cm³/mol. The van der Waals surface area contributed by atoms with Crippen molar-refractivity contribution in [3.05, 3.63) is 35.9 Å². The molecule has 3 rings (SSSR count). The molecular weight excluding hydrogens is 340 g/mol. The highest BCUT2D eigenvalue weighted by molar-refractivity contribution is 7.91. The van der Waals surface area contributed by atoms with Gasteiger partial charge in [0.25, 0.3) is 0 Å². The van der Waals surface area contributed by atoms with Gasteiger partial charge in [-0.1, -0.05) is 30.3 Å². The van der Waals surface area contributed by atoms with E-state index in [2.05, 4.69) is 10.2 Å². The molecule has 0 spiro atoms. The molecule has 1 amide bonds. The number of nitrogens with one attached hydrogen (secondary N) is 1. The maximum atomic E-state index is 12.4. The third kappa shape index (κ3) is 5.80. The zero-order valence-corrected chi connectivity index (χ0v) is 15.2. The average molecular weight is 366 g/mol. The summed E-state index contributed by atoms with van der Waals surface area (Å²) < 4.78 is 28.8. The van der Waals surface area contributed by atoms with Crippen LogP contribution in [0.5, 0.6) is 0 Å². The lowest BCUT2D eigenvalue weighted by Gasteiger charge is -2.25. The highest BCUT2D eigenvalue weighted by Gasteiger charge is 2.29. The lowest BCUT2D eigenvalue weighted by molar-refractivity contribution is -0.123. The summed E-state index contributed by atoms with van der Waals surface area (Å²) in [5.74, 6) is 0.112.